The van der Waals surface area contributed by atoms with Gasteiger partial charge in [0.25, 0.3) is 0 Å². The molecule has 1 heterocycles. The Bertz CT molecular complexity index is 493. The summed E-state index contributed by atoms with van der Waals surface area (Å²) in [6.07, 6.45) is 0.0380. The van der Waals surface area contributed by atoms with Gasteiger partial charge in [-0.05, 0) is 31.0 Å². The average Bonchev–Trinajstić information content (AvgIpc) is 2.91. The fourth-order valence-electron chi connectivity index (χ4n) is 2.32. The van der Waals surface area contributed by atoms with Crippen LogP contribution >= 0.6 is 0 Å². The minimum Gasteiger partial charge on any atom is -0.403 e. The molecule has 1 aliphatic heterocycles. The third kappa shape index (κ3) is 2.98. The molecule has 1 aromatic carbocycles. The van der Waals surface area contributed by atoms with Gasteiger partial charge in [-0.3, -0.25) is 5.01 Å². The fourth-order valence-corrected chi connectivity index (χ4v) is 2.32. The van der Waals surface area contributed by atoms with Crippen LogP contribution in [0.25, 0.3) is 0 Å². The van der Waals surface area contributed by atoms with E-state index in [4.69, 9.17) is 11.6 Å². The number of benzene rings is 1. The summed E-state index contributed by atoms with van der Waals surface area (Å²) in [7, 11) is 0. The van der Waals surface area contributed by atoms with Gasteiger partial charge in [0.1, 0.15) is 0 Å². The van der Waals surface area contributed by atoms with E-state index < -0.39 is 11.7 Å². The van der Waals surface area contributed by atoms with Crippen molar-refractivity contribution in [2.24, 2.45) is 11.6 Å². The normalized spacial score (nSPS) is 16.1. The number of hydrogen-bond acceptors (Lipinski definition) is 4. The van der Waals surface area contributed by atoms with Gasteiger partial charge < -0.3 is 10.6 Å². The minimum absolute atomic E-state index is 0.174. The van der Waals surface area contributed by atoms with Crippen LogP contribution < -0.4 is 21.5 Å². The van der Waals surface area contributed by atoms with E-state index in [1.165, 1.54) is 29.5 Å². The lowest BCUT2D eigenvalue weighted by Crippen LogP contribution is -2.26. The summed E-state index contributed by atoms with van der Waals surface area (Å²) in [5, 5.41) is 1.19. The second-order valence-corrected chi connectivity index (χ2v) is 4.64. The molecule has 0 bridgehead atoms. The van der Waals surface area contributed by atoms with E-state index in [1.807, 2.05) is 0 Å². The molecule has 0 saturated carbocycles. The third-order valence-corrected chi connectivity index (χ3v) is 3.28. The molecular weight excluding hydrogens is 269 g/mol. The number of hydrazine groups is 1. The molecule has 4 N–H and O–H groups in total. The highest BCUT2D eigenvalue weighted by Gasteiger charge is 2.35. The van der Waals surface area contributed by atoms with E-state index in [1.54, 1.807) is 4.90 Å². The maximum absolute atomic E-state index is 13.1. The van der Waals surface area contributed by atoms with Gasteiger partial charge in [-0.2, -0.15) is 13.2 Å². The topological polar surface area (TPSA) is 58.5 Å². The van der Waals surface area contributed by atoms with Crippen molar-refractivity contribution < 1.29 is 13.2 Å². The lowest BCUT2D eigenvalue weighted by molar-refractivity contribution is -0.137. The zero-order valence-electron chi connectivity index (χ0n) is 10.9. The molecule has 0 radical (unpaired) electrons. The number of rotatable bonds is 3. The van der Waals surface area contributed by atoms with E-state index in [-0.39, 0.29) is 5.69 Å². The lowest BCUT2D eigenvalue weighted by atomic mass is 10.1. The van der Waals surface area contributed by atoms with Crippen LogP contribution in [0, 0.1) is 0 Å². The van der Waals surface area contributed by atoms with Gasteiger partial charge >= 0.3 is 6.18 Å². The Morgan fingerprint density at radius 1 is 1.20 bits per heavy atom. The highest BCUT2D eigenvalue weighted by atomic mass is 19.4. The monoisotopic (exact) mass is 286 g/mol. The molecule has 0 amide bonds. The van der Waals surface area contributed by atoms with Crippen molar-refractivity contribution in [1.29, 1.82) is 0 Å². The van der Waals surface area contributed by atoms with E-state index in [2.05, 4.69) is 0 Å². The van der Waals surface area contributed by atoms with E-state index >= 15 is 0 Å². The molecule has 20 heavy (non-hydrogen) atoms. The molecule has 1 saturated heterocycles. The van der Waals surface area contributed by atoms with Crippen molar-refractivity contribution in [2.45, 2.75) is 19.0 Å². The van der Waals surface area contributed by atoms with Crippen molar-refractivity contribution in [3.05, 3.63) is 36.2 Å². The van der Waals surface area contributed by atoms with Crippen molar-refractivity contribution in [2.75, 3.05) is 23.0 Å². The van der Waals surface area contributed by atoms with Gasteiger partial charge in [0.15, 0.2) is 0 Å². The molecule has 0 aliphatic carbocycles. The van der Waals surface area contributed by atoms with Crippen LogP contribution in [-0.4, -0.2) is 13.1 Å². The van der Waals surface area contributed by atoms with E-state index in [0.717, 1.165) is 18.9 Å². The first-order valence-electron chi connectivity index (χ1n) is 6.32. The molecule has 0 atom stereocenters. The van der Waals surface area contributed by atoms with Crippen LogP contribution in [0.15, 0.2) is 30.6 Å². The Balaban J connectivity index is 2.44. The summed E-state index contributed by atoms with van der Waals surface area (Å²) in [5.41, 5.74) is 5.24. The van der Waals surface area contributed by atoms with Gasteiger partial charge in [0.2, 0.25) is 0 Å². The quantitative estimate of drug-likeness (QED) is 0.662. The summed E-state index contributed by atoms with van der Waals surface area (Å²) in [4.78, 5) is 1.74. The second-order valence-electron chi connectivity index (χ2n) is 4.64. The number of hydrogen-bond donors (Lipinski definition) is 2. The van der Waals surface area contributed by atoms with E-state index in [0.29, 0.717) is 18.8 Å². The second kappa shape index (κ2) is 5.62. The van der Waals surface area contributed by atoms with Crippen molar-refractivity contribution in [1.82, 2.24) is 0 Å². The molecule has 7 heteroatoms. The Hall–Kier alpha value is -1.89. The predicted molar refractivity (Wildman–Crippen MR) is 72.9 cm³/mol. The van der Waals surface area contributed by atoms with Crippen LogP contribution in [-0.2, 0) is 6.18 Å². The predicted octanol–water partition coefficient (Wildman–Crippen LogP) is 2.42. The standard InChI is InChI=1S/C13H17F3N4/c14-13(15,16)11-4-3-10(20(18)8-5-17)9-12(11)19-6-1-2-7-19/h3-5,8-9H,1-2,6-7,17-18H2/b8-5-. The maximum Gasteiger partial charge on any atom is 0.418 e. The molecule has 110 valence electrons. The van der Waals surface area contributed by atoms with Crippen molar-refractivity contribution in [3.8, 4) is 0 Å². The van der Waals surface area contributed by atoms with Crippen LogP contribution in [0.4, 0.5) is 24.5 Å². The Kier molecular flexibility index (Phi) is 4.08. The molecular formula is C13H17F3N4. The number of anilines is 2. The first kappa shape index (κ1) is 14.5. The first-order chi connectivity index (χ1) is 9.43. The Morgan fingerprint density at radius 2 is 1.85 bits per heavy atom. The molecule has 1 fully saturated rings. The minimum atomic E-state index is -4.38. The fraction of sp³-hybridized carbons (Fsp3) is 0.385. The van der Waals surface area contributed by atoms with Crippen LogP contribution in [0.3, 0.4) is 0 Å². The van der Waals surface area contributed by atoms with Crippen molar-refractivity contribution in [3.63, 3.8) is 0 Å². The molecule has 0 aromatic heterocycles. The zero-order valence-corrected chi connectivity index (χ0v) is 10.9. The van der Waals surface area contributed by atoms with Gasteiger partial charge in [0, 0.05) is 25.5 Å². The summed E-state index contributed by atoms with van der Waals surface area (Å²) in [6.45, 7) is 1.26. The third-order valence-electron chi connectivity index (χ3n) is 3.28. The summed E-state index contributed by atoms with van der Waals surface area (Å²) in [6, 6.07) is 3.85. The van der Waals surface area contributed by atoms with Gasteiger partial charge in [-0.15, -0.1) is 0 Å². The zero-order chi connectivity index (χ0) is 14.8. The van der Waals surface area contributed by atoms with Crippen LogP contribution in [0.2, 0.25) is 0 Å². The molecule has 0 spiro atoms. The number of nitrogens with zero attached hydrogens (tertiary/aromatic N) is 2. The largest absolute Gasteiger partial charge is 0.418 e. The van der Waals surface area contributed by atoms with Gasteiger partial charge in [-0.1, -0.05) is 0 Å². The number of nitrogens with two attached hydrogens (primary N) is 2. The van der Waals surface area contributed by atoms with Crippen molar-refractivity contribution >= 4 is 11.4 Å². The molecule has 1 aliphatic rings. The van der Waals surface area contributed by atoms with Crippen LogP contribution in [0.1, 0.15) is 18.4 Å². The Labute approximate surface area is 115 Å². The van der Waals surface area contributed by atoms with Gasteiger partial charge in [0.05, 0.1) is 16.9 Å². The summed E-state index contributed by atoms with van der Waals surface area (Å²) < 4.78 is 39.2. The maximum atomic E-state index is 13.1. The molecule has 0 unspecified atom stereocenters. The smallest absolute Gasteiger partial charge is 0.403 e. The summed E-state index contributed by atoms with van der Waals surface area (Å²) in [5.74, 6) is 5.70. The van der Waals surface area contributed by atoms with E-state index in [9.17, 15) is 13.2 Å². The average molecular weight is 286 g/mol. The number of alkyl halides is 3. The first-order valence-corrected chi connectivity index (χ1v) is 6.32. The lowest BCUT2D eigenvalue weighted by Gasteiger charge is -2.25. The number of halogens is 3. The summed E-state index contributed by atoms with van der Waals surface area (Å²) >= 11 is 0. The Morgan fingerprint density at radius 3 is 2.40 bits per heavy atom. The molecule has 4 nitrogen and oxygen atoms in total. The highest BCUT2D eigenvalue weighted by molar-refractivity contribution is 5.65. The SMILES string of the molecule is N/C=C\N(N)c1ccc(C(F)(F)F)c(N2CCCC2)c1. The van der Waals surface area contributed by atoms with Crippen LogP contribution in [0.5, 0.6) is 0 Å². The molecule has 2 rings (SSSR count). The highest BCUT2D eigenvalue weighted by Crippen LogP contribution is 2.39. The van der Waals surface area contributed by atoms with Gasteiger partial charge in [-0.25, -0.2) is 5.84 Å². The molecule has 1 aromatic rings.